The summed E-state index contributed by atoms with van der Waals surface area (Å²) >= 11 is 0. The van der Waals surface area contributed by atoms with Gasteiger partial charge in [0.25, 0.3) is 5.91 Å². The van der Waals surface area contributed by atoms with E-state index in [1.165, 1.54) is 0 Å². The van der Waals surface area contributed by atoms with Crippen molar-refractivity contribution >= 4 is 21.7 Å². The molecule has 0 spiro atoms. The summed E-state index contributed by atoms with van der Waals surface area (Å²) in [5.74, 6) is -1.28. The van der Waals surface area contributed by atoms with Crippen molar-refractivity contribution in [2.24, 2.45) is 0 Å². The summed E-state index contributed by atoms with van der Waals surface area (Å²) in [7, 11) is -3.43. The highest BCUT2D eigenvalue weighted by molar-refractivity contribution is 7.90. The number of carbonyl (C=O) groups excluding carboxylic acids is 1. The van der Waals surface area contributed by atoms with Gasteiger partial charge in [0.1, 0.15) is 5.69 Å². The van der Waals surface area contributed by atoms with E-state index in [0.717, 1.165) is 18.6 Å². The summed E-state index contributed by atoms with van der Waals surface area (Å²) in [5.41, 5.74) is 0.0351. The zero-order valence-corrected chi connectivity index (χ0v) is 12.4. The largest absolute Gasteiger partial charge is 0.481 e. The molecule has 0 aliphatic rings. The summed E-state index contributed by atoms with van der Waals surface area (Å²) in [6.45, 7) is 0.397. The third-order valence-electron chi connectivity index (χ3n) is 2.59. The summed E-state index contributed by atoms with van der Waals surface area (Å²) in [5, 5.41) is 10.9. The molecule has 0 bridgehead atoms. The molecule has 1 aromatic rings. The van der Waals surface area contributed by atoms with Crippen LogP contribution in [0.4, 0.5) is 0 Å². The molecule has 0 atom stereocenters. The van der Waals surface area contributed by atoms with Gasteiger partial charge in [-0.25, -0.2) is 18.4 Å². The molecule has 1 aromatic heterocycles. The smallest absolute Gasteiger partial charge is 0.303 e. The minimum Gasteiger partial charge on any atom is -0.481 e. The minimum atomic E-state index is -3.43. The van der Waals surface area contributed by atoms with Crippen LogP contribution < -0.4 is 5.32 Å². The number of sulfone groups is 1. The predicted octanol–water partition coefficient (Wildman–Crippen LogP) is 0.255. The predicted molar refractivity (Wildman–Crippen MR) is 73.6 cm³/mol. The van der Waals surface area contributed by atoms with Gasteiger partial charge in [-0.05, 0) is 12.8 Å². The average Bonchev–Trinajstić information content (AvgIpc) is 2.41. The first kappa shape index (κ1) is 17.0. The second-order valence-corrected chi connectivity index (χ2v) is 6.43. The van der Waals surface area contributed by atoms with Crippen LogP contribution in [0.25, 0.3) is 0 Å². The van der Waals surface area contributed by atoms with E-state index >= 15 is 0 Å². The Morgan fingerprint density at radius 1 is 1.19 bits per heavy atom. The minimum absolute atomic E-state index is 0.0351. The van der Waals surface area contributed by atoms with Gasteiger partial charge >= 0.3 is 5.97 Å². The molecule has 0 saturated heterocycles. The van der Waals surface area contributed by atoms with Crippen molar-refractivity contribution < 1.29 is 23.1 Å². The Hall–Kier alpha value is -2.03. The Morgan fingerprint density at radius 2 is 1.90 bits per heavy atom. The van der Waals surface area contributed by atoms with Crippen LogP contribution in [-0.2, 0) is 14.6 Å². The second-order valence-electron chi connectivity index (χ2n) is 4.47. The summed E-state index contributed by atoms with van der Waals surface area (Å²) in [6.07, 6.45) is 5.20. The van der Waals surface area contributed by atoms with Gasteiger partial charge in [0, 0.05) is 19.2 Å². The Kier molecular flexibility index (Phi) is 6.22. The normalized spacial score (nSPS) is 11.1. The SMILES string of the molecule is CS(=O)(=O)c1cnc(C(=O)NCCCCCC(=O)O)cn1. The molecule has 21 heavy (non-hydrogen) atoms. The molecule has 1 rings (SSSR count). The highest BCUT2D eigenvalue weighted by atomic mass is 32.2. The first-order valence-corrected chi connectivity index (χ1v) is 8.22. The maximum Gasteiger partial charge on any atom is 0.303 e. The number of hydrogen-bond donors (Lipinski definition) is 2. The quantitative estimate of drug-likeness (QED) is 0.658. The monoisotopic (exact) mass is 315 g/mol. The number of unbranched alkanes of at least 4 members (excludes halogenated alkanes) is 2. The van der Waals surface area contributed by atoms with Crippen LogP contribution in [0.3, 0.4) is 0 Å². The molecule has 0 aromatic carbocycles. The van der Waals surface area contributed by atoms with Gasteiger partial charge in [0.15, 0.2) is 14.9 Å². The molecule has 0 fully saturated rings. The van der Waals surface area contributed by atoms with Gasteiger partial charge in [-0.2, -0.15) is 0 Å². The van der Waals surface area contributed by atoms with Crippen molar-refractivity contribution in [2.45, 2.75) is 30.7 Å². The van der Waals surface area contributed by atoms with E-state index in [2.05, 4.69) is 15.3 Å². The van der Waals surface area contributed by atoms with Crippen molar-refractivity contribution in [3.63, 3.8) is 0 Å². The molecule has 116 valence electrons. The molecule has 0 aliphatic heterocycles. The van der Waals surface area contributed by atoms with Crippen LogP contribution in [0.1, 0.15) is 36.2 Å². The molecule has 9 heteroatoms. The summed E-state index contributed by atoms with van der Waals surface area (Å²) in [4.78, 5) is 29.4. The van der Waals surface area contributed by atoms with Gasteiger partial charge in [-0.15, -0.1) is 0 Å². The molecule has 0 saturated carbocycles. The third-order valence-corrected chi connectivity index (χ3v) is 3.56. The molecule has 2 N–H and O–H groups in total. The molecular weight excluding hydrogens is 298 g/mol. The molecule has 0 unspecified atom stereocenters. The van der Waals surface area contributed by atoms with Gasteiger partial charge in [-0.3, -0.25) is 9.59 Å². The molecular formula is C12H17N3O5S. The van der Waals surface area contributed by atoms with Crippen LogP contribution in [-0.4, -0.2) is 48.2 Å². The molecule has 0 radical (unpaired) electrons. The maximum atomic E-state index is 11.7. The van der Waals surface area contributed by atoms with E-state index in [1.807, 2.05) is 0 Å². The van der Waals surface area contributed by atoms with Crippen LogP contribution in [0.2, 0.25) is 0 Å². The fraction of sp³-hybridized carbons (Fsp3) is 0.500. The number of rotatable bonds is 8. The Balaban J connectivity index is 2.37. The van der Waals surface area contributed by atoms with Crippen LogP contribution in [0.5, 0.6) is 0 Å². The summed E-state index contributed by atoms with van der Waals surface area (Å²) < 4.78 is 22.4. The molecule has 8 nitrogen and oxygen atoms in total. The molecule has 0 aliphatic carbocycles. The second kappa shape index (κ2) is 7.67. The highest BCUT2D eigenvalue weighted by Gasteiger charge is 2.12. The Labute approximate surface area is 122 Å². The van der Waals surface area contributed by atoms with Crippen molar-refractivity contribution in [3.05, 3.63) is 18.1 Å². The number of amides is 1. The van der Waals surface area contributed by atoms with E-state index in [9.17, 15) is 18.0 Å². The van der Waals surface area contributed by atoms with Crippen molar-refractivity contribution in [2.75, 3.05) is 12.8 Å². The van der Waals surface area contributed by atoms with Crippen molar-refractivity contribution in [3.8, 4) is 0 Å². The van der Waals surface area contributed by atoms with E-state index in [1.54, 1.807) is 0 Å². The first-order valence-electron chi connectivity index (χ1n) is 6.33. The lowest BCUT2D eigenvalue weighted by molar-refractivity contribution is -0.137. The number of hydrogen-bond acceptors (Lipinski definition) is 6. The lowest BCUT2D eigenvalue weighted by Crippen LogP contribution is -2.25. The van der Waals surface area contributed by atoms with E-state index in [4.69, 9.17) is 5.11 Å². The number of carboxylic acid groups (broad SMARTS) is 1. The lowest BCUT2D eigenvalue weighted by Gasteiger charge is -2.04. The van der Waals surface area contributed by atoms with Gasteiger partial charge < -0.3 is 10.4 Å². The number of nitrogens with zero attached hydrogens (tertiary/aromatic N) is 2. The zero-order chi connectivity index (χ0) is 15.9. The highest BCUT2D eigenvalue weighted by Crippen LogP contribution is 2.03. The topological polar surface area (TPSA) is 126 Å². The fourth-order valence-electron chi connectivity index (χ4n) is 1.50. The van der Waals surface area contributed by atoms with E-state index in [-0.39, 0.29) is 17.1 Å². The van der Waals surface area contributed by atoms with Gasteiger partial charge in [-0.1, -0.05) is 6.42 Å². The van der Waals surface area contributed by atoms with Gasteiger partial charge in [0.05, 0.1) is 12.4 Å². The van der Waals surface area contributed by atoms with Crippen molar-refractivity contribution in [1.29, 1.82) is 0 Å². The average molecular weight is 315 g/mol. The number of aliphatic carboxylic acids is 1. The van der Waals surface area contributed by atoms with Gasteiger partial charge in [0.2, 0.25) is 0 Å². The Bertz CT molecular complexity index is 598. The van der Waals surface area contributed by atoms with E-state index < -0.39 is 21.7 Å². The lowest BCUT2D eigenvalue weighted by atomic mass is 10.2. The number of aromatic nitrogens is 2. The Morgan fingerprint density at radius 3 is 2.43 bits per heavy atom. The van der Waals surface area contributed by atoms with Crippen LogP contribution >= 0.6 is 0 Å². The maximum absolute atomic E-state index is 11.7. The fourth-order valence-corrected chi connectivity index (χ4v) is 1.98. The first-order chi connectivity index (χ1) is 9.80. The standard InChI is InChI=1S/C12H17N3O5S/c1-21(19,20)10-8-14-9(7-15-10)12(18)13-6-4-2-3-5-11(16)17/h7-8H,2-6H2,1H3,(H,13,18)(H,16,17). The van der Waals surface area contributed by atoms with Crippen molar-refractivity contribution in [1.82, 2.24) is 15.3 Å². The van der Waals surface area contributed by atoms with Crippen LogP contribution in [0, 0.1) is 0 Å². The van der Waals surface area contributed by atoms with Crippen LogP contribution in [0.15, 0.2) is 17.4 Å². The number of nitrogens with one attached hydrogen (secondary N) is 1. The number of carboxylic acids is 1. The molecule has 1 amide bonds. The van der Waals surface area contributed by atoms with E-state index in [0.29, 0.717) is 25.8 Å². The zero-order valence-electron chi connectivity index (χ0n) is 11.6. The number of carbonyl (C=O) groups is 2. The summed E-state index contributed by atoms with van der Waals surface area (Å²) in [6, 6.07) is 0. The third kappa shape index (κ3) is 6.30. The molecule has 1 heterocycles.